The van der Waals surface area contributed by atoms with Crippen molar-refractivity contribution in [2.24, 2.45) is 0 Å². The van der Waals surface area contributed by atoms with E-state index < -0.39 is 0 Å². The molecule has 0 fully saturated rings. The molecule has 2 aromatic heterocycles. The summed E-state index contributed by atoms with van der Waals surface area (Å²) in [5.74, 6) is 0.283. The van der Waals surface area contributed by atoms with Gasteiger partial charge in [-0.15, -0.1) is 0 Å². The minimum Gasteiger partial charge on any atom is -0.313 e. The number of nitrogens with zero attached hydrogens (tertiary/aromatic N) is 2. The molecule has 2 heteroatoms. The molecule has 0 radical (unpaired) electrons. The first-order valence-corrected chi connectivity index (χ1v) is 15.4. The summed E-state index contributed by atoms with van der Waals surface area (Å²) in [5.41, 5.74) is 12.7. The molecule has 208 valence electrons. The number of para-hydroxylation sites is 3. The molecule has 6 aromatic carbocycles. The summed E-state index contributed by atoms with van der Waals surface area (Å²) >= 11 is 0. The second kappa shape index (κ2) is 10.00. The molecule has 0 amide bonds. The molecule has 1 atom stereocenters. The molecule has 0 bridgehead atoms. The summed E-state index contributed by atoms with van der Waals surface area (Å²) in [6, 6.07) is 55.0. The third-order valence-corrected chi connectivity index (χ3v) is 9.30. The first kappa shape index (κ1) is 24.9. The van der Waals surface area contributed by atoms with Crippen molar-refractivity contribution in [3.05, 3.63) is 175 Å². The van der Waals surface area contributed by atoms with Crippen LogP contribution in [-0.4, -0.2) is 9.13 Å². The summed E-state index contributed by atoms with van der Waals surface area (Å²) in [5, 5.41) is 3.89. The highest BCUT2D eigenvalue weighted by Crippen LogP contribution is 2.40. The van der Waals surface area contributed by atoms with E-state index in [9.17, 15) is 0 Å². The third kappa shape index (κ3) is 3.88. The molecule has 0 unspecified atom stereocenters. The van der Waals surface area contributed by atoms with E-state index in [2.05, 4.69) is 173 Å². The van der Waals surface area contributed by atoms with Crippen LogP contribution >= 0.6 is 0 Å². The lowest BCUT2D eigenvalue weighted by molar-refractivity contribution is 0.783. The van der Waals surface area contributed by atoms with Gasteiger partial charge in [0.15, 0.2) is 0 Å². The third-order valence-electron chi connectivity index (χ3n) is 9.30. The van der Waals surface area contributed by atoms with Crippen LogP contribution in [0, 0.1) is 0 Å². The molecule has 1 aliphatic carbocycles. The van der Waals surface area contributed by atoms with Crippen LogP contribution in [0.1, 0.15) is 22.7 Å². The van der Waals surface area contributed by atoms with Gasteiger partial charge < -0.3 is 9.13 Å². The Kier molecular flexibility index (Phi) is 5.67. The molecular formula is C42H30N2. The highest BCUT2D eigenvalue weighted by atomic mass is 15.0. The maximum atomic E-state index is 2.46. The van der Waals surface area contributed by atoms with Gasteiger partial charge in [0.25, 0.3) is 0 Å². The standard InChI is InChI=1S/C42H30N2/c1-3-11-29(12-4-1)30-19-23-34(24-20-30)44-40-18-10-8-16-36(40)38-26-22-32(28-42(38)44)31-21-25-37-35-15-7-9-17-39(35)43(41(37)27-31)33-13-5-2-6-14-33/h1-26,28,31H,27H2/t31-/m0/s1. The Labute approximate surface area is 256 Å². The largest absolute Gasteiger partial charge is 0.313 e. The predicted octanol–water partition coefficient (Wildman–Crippen LogP) is 10.7. The van der Waals surface area contributed by atoms with Crippen LogP contribution in [0.15, 0.2) is 158 Å². The van der Waals surface area contributed by atoms with Gasteiger partial charge in [0.2, 0.25) is 0 Å². The van der Waals surface area contributed by atoms with Crippen molar-refractivity contribution in [1.82, 2.24) is 9.13 Å². The van der Waals surface area contributed by atoms with Crippen molar-refractivity contribution in [2.75, 3.05) is 0 Å². The van der Waals surface area contributed by atoms with E-state index in [0.29, 0.717) is 0 Å². The number of hydrogen-bond acceptors (Lipinski definition) is 0. The minimum atomic E-state index is 0.283. The van der Waals surface area contributed by atoms with Gasteiger partial charge in [-0.25, -0.2) is 0 Å². The smallest absolute Gasteiger partial charge is 0.0544 e. The molecule has 2 heterocycles. The monoisotopic (exact) mass is 562 g/mol. The zero-order valence-corrected chi connectivity index (χ0v) is 24.3. The molecule has 2 nitrogen and oxygen atoms in total. The number of hydrogen-bond donors (Lipinski definition) is 0. The van der Waals surface area contributed by atoms with E-state index in [0.717, 1.165) is 6.42 Å². The molecule has 1 aliphatic rings. The van der Waals surface area contributed by atoms with E-state index in [-0.39, 0.29) is 5.92 Å². The lowest BCUT2D eigenvalue weighted by Gasteiger charge is -2.21. The summed E-state index contributed by atoms with van der Waals surface area (Å²) in [6.07, 6.45) is 5.72. The van der Waals surface area contributed by atoms with E-state index in [1.165, 1.54) is 72.0 Å². The zero-order valence-electron chi connectivity index (χ0n) is 24.3. The number of benzene rings is 6. The fraction of sp³-hybridized carbons (Fsp3) is 0.0476. The van der Waals surface area contributed by atoms with Crippen molar-refractivity contribution >= 4 is 38.8 Å². The van der Waals surface area contributed by atoms with Gasteiger partial charge in [0.1, 0.15) is 0 Å². The summed E-state index contributed by atoms with van der Waals surface area (Å²) in [4.78, 5) is 0. The van der Waals surface area contributed by atoms with Crippen LogP contribution in [0.3, 0.4) is 0 Å². The predicted molar refractivity (Wildman–Crippen MR) is 185 cm³/mol. The molecule has 0 aliphatic heterocycles. The van der Waals surface area contributed by atoms with Gasteiger partial charge in [0.05, 0.1) is 16.6 Å². The molecule has 0 saturated carbocycles. The van der Waals surface area contributed by atoms with Gasteiger partial charge in [0, 0.05) is 44.7 Å². The van der Waals surface area contributed by atoms with Crippen LogP contribution in [-0.2, 0) is 6.42 Å². The van der Waals surface area contributed by atoms with Gasteiger partial charge in [-0.2, -0.15) is 0 Å². The maximum absolute atomic E-state index is 2.46. The Morgan fingerprint density at radius 1 is 0.455 bits per heavy atom. The molecule has 9 rings (SSSR count). The first-order valence-electron chi connectivity index (χ1n) is 15.4. The average Bonchev–Trinajstić information content (AvgIpc) is 3.61. The SMILES string of the molecule is C1=C[C@H](c2ccc3c4ccccc4n(-c4ccc(-c5ccccc5)cc4)c3c2)Cc2c1c1ccccc1n2-c1ccccc1. The number of fused-ring (bicyclic) bond motifs is 6. The molecule has 8 aromatic rings. The highest BCUT2D eigenvalue weighted by Gasteiger charge is 2.24. The fourth-order valence-electron chi connectivity index (χ4n) is 7.22. The van der Waals surface area contributed by atoms with Crippen molar-refractivity contribution < 1.29 is 0 Å². The Balaban J connectivity index is 1.17. The van der Waals surface area contributed by atoms with Crippen molar-refractivity contribution in [2.45, 2.75) is 12.3 Å². The topological polar surface area (TPSA) is 9.86 Å². The number of allylic oxidation sites excluding steroid dienone is 1. The normalized spacial score (nSPS) is 14.4. The Morgan fingerprint density at radius 2 is 1.05 bits per heavy atom. The first-order chi connectivity index (χ1) is 21.8. The Hall–Kier alpha value is -5.60. The van der Waals surface area contributed by atoms with Crippen LogP contribution in [0.4, 0.5) is 0 Å². The lowest BCUT2D eigenvalue weighted by atomic mass is 9.87. The summed E-state index contributed by atoms with van der Waals surface area (Å²) < 4.78 is 4.90. The van der Waals surface area contributed by atoms with Crippen LogP contribution in [0.5, 0.6) is 0 Å². The van der Waals surface area contributed by atoms with Crippen molar-refractivity contribution in [1.29, 1.82) is 0 Å². The number of aromatic nitrogens is 2. The minimum absolute atomic E-state index is 0.283. The van der Waals surface area contributed by atoms with Crippen LogP contribution in [0.2, 0.25) is 0 Å². The van der Waals surface area contributed by atoms with E-state index >= 15 is 0 Å². The second-order valence-electron chi connectivity index (χ2n) is 11.8. The van der Waals surface area contributed by atoms with Gasteiger partial charge >= 0.3 is 0 Å². The van der Waals surface area contributed by atoms with E-state index in [4.69, 9.17) is 0 Å². The van der Waals surface area contributed by atoms with Crippen molar-refractivity contribution in [3.63, 3.8) is 0 Å². The lowest BCUT2D eigenvalue weighted by Crippen LogP contribution is -2.10. The van der Waals surface area contributed by atoms with Gasteiger partial charge in [-0.1, -0.05) is 121 Å². The zero-order chi connectivity index (χ0) is 29.0. The second-order valence-corrected chi connectivity index (χ2v) is 11.8. The Bertz CT molecular complexity index is 2340. The van der Waals surface area contributed by atoms with Gasteiger partial charge in [-0.3, -0.25) is 0 Å². The Morgan fingerprint density at radius 3 is 1.82 bits per heavy atom. The maximum Gasteiger partial charge on any atom is 0.0544 e. The van der Waals surface area contributed by atoms with E-state index in [1.54, 1.807) is 0 Å². The highest BCUT2D eigenvalue weighted by molar-refractivity contribution is 6.09. The summed E-state index contributed by atoms with van der Waals surface area (Å²) in [7, 11) is 0. The average molecular weight is 563 g/mol. The molecule has 44 heavy (non-hydrogen) atoms. The molecule has 0 saturated heterocycles. The van der Waals surface area contributed by atoms with E-state index in [1.807, 2.05) is 0 Å². The summed E-state index contributed by atoms with van der Waals surface area (Å²) in [6.45, 7) is 0. The quantitative estimate of drug-likeness (QED) is 0.202. The number of rotatable bonds is 4. The van der Waals surface area contributed by atoms with Crippen LogP contribution in [0.25, 0.3) is 61.3 Å². The molecule has 0 N–H and O–H groups in total. The molecule has 0 spiro atoms. The molecular weight excluding hydrogens is 532 g/mol. The van der Waals surface area contributed by atoms with Crippen molar-refractivity contribution in [3.8, 4) is 22.5 Å². The van der Waals surface area contributed by atoms with Crippen LogP contribution < -0.4 is 0 Å². The van der Waals surface area contributed by atoms with Gasteiger partial charge in [-0.05, 0) is 65.6 Å². The fourth-order valence-corrected chi connectivity index (χ4v) is 7.22.